The van der Waals surface area contributed by atoms with Crippen LogP contribution in [0, 0.1) is 0 Å². The zero-order valence-electron chi connectivity index (χ0n) is 18.1. The Hall–Kier alpha value is -3.36. The molecule has 32 heavy (non-hydrogen) atoms. The van der Waals surface area contributed by atoms with Crippen LogP contribution >= 0.6 is 0 Å². The van der Waals surface area contributed by atoms with Gasteiger partial charge in [0.15, 0.2) is 11.5 Å². The lowest BCUT2D eigenvalue weighted by molar-refractivity contribution is 0.0357. The number of nitrogens with one attached hydrogen (secondary N) is 2. The first kappa shape index (κ1) is 20.5. The van der Waals surface area contributed by atoms with E-state index >= 15 is 0 Å². The number of methoxy groups -OCH3 is 1. The summed E-state index contributed by atoms with van der Waals surface area (Å²) in [6.07, 6.45) is 4.44. The van der Waals surface area contributed by atoms with Crippen molar-refractivity contribution in [2.24, 2.45) is 0 Å². The molecular formula is C24H27N5O3. The van der Waals surface area contributed by atoms with E-state index in [4.69, 9.17) is 14.2 Å². The zero-order chi connectivity index (χ0) is 21.8. The summed E-state index contributed by atoms with van der Waals surface area (Å²) in [5.74, 6) is 2.08. The van der Waals surface area contributed by atoms with E-state index < -0.39 is 0 Å². The van der Waals surface area contributed by atoms with Gasteiger partial charge in [0, 0.05) is 42.7 Å². The molecule has 2 N–H and O–H groups in total. The van der Waals surface area contributed by atoms with Crippen LogP contribution in [0.2, 0.25) is 0 Å². The van der Waals surface area contributed by atoms with Crippen LogP contribution in [0.25, 0.3) is 21.8 Å². The molecule has 1 fully saturated rings. The molecule has 2 aromatic carbocycles. The standard InChI is InChI=1S/C24H27N5O3/c1-30-21-14-18-20(15-22(21)32-11-3-8-29-9-12-31-13-10-29)26-16-27-24(18)28-19-5-2-4-17-6-7-25-23(17)19/h2,4-7,14-16,25H,3,8-13H2,1H3,(H,26,27,28). The Balaban J connectivity index is 1.34. The van der Waals surface area contributed by atoms with Crippen LogP contribution in [0.4, 0.5) is 11.5 Å². The number of para-hydroxylation sites is 1. The molecule has 3 heterocycles. The van der Waals surface area contributed by atoms with Crippen molar-refractivity contribution in [2.75, 3.05) is 51.9 Å². The van der Waals surface area contributed by atoms with Crippen molar-refractivity contribution in [1.29, 1.82) is 0 Å². The minimum Gasteiger partial charge on any atom is -0.493 e. The van der Waals surface area contributed by atoms with Crippen molar-refractivity contribution in [3.05, 3.63) is 48.9 Å². The van der Waals surface area contributed by atoms with Crippen LogP contribution in [0.3, 0.4) is 0 Å². The van der Waals surface area contributed by atoms with Gasteiger partial charge in [0.05, 0.1) is 43.7 Å². The Bertz CT molecular complexity index is 1200. The third-order valence-corrected chi connectivity index (χ3v) is 5.74. The molecule has 0 amide bonds. The average Bonchev–Trinajstić information content (AvgIpc) is 3.32. The molecule has 0 aliphatic carbocycles. The first-order valence-electron chi connectivity index (χ1n) is 10.9. The highest BCUT2D eigenvalue weighted by Gasteiger charge is 2.14. The minimum atomic E-state index is 0.615. The fourth-order valence-electron chi connectivity index (χ4n) is 4.05. The lowest BCUT2D eigenvalue weighted by atomic mass is 10.2. The van der Waals surface area contributed by atoms with Crippen LogP contribution in [-0.4, -0.2) is 66.4 Å². The molecule has 4 aromatic rings. The van der Waals surface area contributed by atoms with E-state index in [1.165, 1.54) is 0 Å². The van der Waals surface area contributed by atoms with E-state index in [1.807, 2.05) is 36.5 Å². The van der Waals surface area contributed by atoms with Crippen LogP contribution < -0.4 is 14.8 Å². The van der Waals surface area contributed by atoms with E-state index in [1.54, 1.807) is 13.4 Å². The second-order valence-corrected chi connectivity index (χ2v) is 7.77. The lowest BCUT2D eigenvalue weighted by Crippen LogP contribution is -2.37. The van der Waals surface area contributed by atoms with E-state index in [0.29, 0.717) is 23.9 Å². The molecule has 8 heteroatoms. The van der Waals surface area contributed by atoms with Gasteiger partial charge in [0.2, 0.25) is 0 Å². The molecule has 1 aliphatic rings. The number of aromatic amines is 1. The average molecular weight is 434 g/mol. The molecule has 5 rings (SSSR count). The number of fused-ring (bicyclic) bond motifs is 2. The molecule has 166 valence electrons. The SMILES string of the molecule is COc1cc2c(Nc3cccc4cc[nH]c34)ncnc2cc1OCCCN1CCOCC1. The number of anilines is 2. The Morgan fingerprint density at radius 3 is 2.91 bits per heavy atom. The summed E-state index contributed by atoms with van der Waals surface area (Å²) in [4.78, 5) is 14.6. The summed E-state index contributed by atoms with van der Waals surface area (Å²) in [6, 6.07) is 12.0. The quantitative estimate of drug-likeness (QED) is 0.407. The monoisotopic (exact) mass is 433 g/mol. The molecule has 2 aromatic heterocycles. The van der Waals surface area contributed by atoms with Crippen molar-refractivity contribution < 1.29 is 14.2 Å². The number of H-pyrrole nitrogens is 1. The van der Waals surface area contributed by atoms with E-state index in [0.717, 1.165) is 66.8 Å². The van der Waals surface area contributed by atoms with Crippen molar-refractivity contribution in [3.8, 4) is 11.5 Å². The summed E-state index contributed by atoms with van der Waals surface area (Å²) in [7, 11) is 1.65. The second-order valence-electron chi connectivity index (χ2n) is 7.77. The normalized spacial score (nSPS) is 14.7. The van der Waals surface area contributed by atoms with Gasteiger partial charge in [0.1, 0.15) is 12.1 Å². The van der Waals surface area contributed by atoms with Gasteiger partial charge in [-0.3, -0.25) is 4.90 Å². The number of nitrogens with zero attached hydrogens (tertiary/aromatic N) is 3. The maximum Gasteiger partial charge on any atom is 0.163 e. The molecule has 0 atom stereocenters. The number of benzene rings is 2. The van der Waals surface area contributed by atoms with Crippen molar-refractivity contribution >= 4 is 33.3 Å². The predicted molar refractivity (Wildman–Crippen MR) is 125 cm³/mol. The topological polar surface area (TPSA) is 84.5 Å². The first-order chi connectivity index (χ1) is 15.8. The first-order valence-corrected chi connectivity index (χ1v) is 10.9. The molecule has 1 aliphatic heterocycles. The summed E-state index contributed by atoms with van der Waals surface area (Å²) in [5, 5.41) is 5.45. The van der Waals surface area contributed by atoms with Crippen molar-refractivity contribution in [2.45, 2.75) is 6.42 Å². The zero-order valence-corrected chi connectivity index (χ0v) is 18.1. The Kier molecular flexibility index (Phi) is 6.04. The van der Waals surface area contributed by atoms with Crippen LogP contribution in [0.1, 0.15) is 6.42 Å². The highest BCUT2D eigenvalue weighted by atomic mass is 16.5. The molecule has 1 saturated heterocycles. The third kappa shape index (κ3) is 4.32. The van der Waals surface area contributed by atoms with Gasteiger partial charge in [-0.05, 0) is 24.6 Å². The van der Waals surface area contributed by atoms with Gasteiger partial charge in [0.25, 0.3) is 0 Å². The van der Waals surface area contributed by atoms with Gasteiger partial charge >= 0.3 is 0 Å². The maximum absolute atomic E-state index is 6.06. The Morgan fingerprint density at radius 1 is 1.12 bits per heavy atom. The van der Waals surface area contributed by atoms with Crippen LogP contribution in [0.15, 0.2) is 48.9 Å². The second kappa shape index (κ2) is 9.42. The fraction of sp³-hybridized carbons (Fsp3) is 0.333. The number of aromatic nitrogens is 3. The minimum absolute atomic E-state index is 0.615. The molecular weight excluding hydrogens is 406 g/mol. The smallest absolute Gasteiger partial charge is 0.163 e. The van der Waals surface area contributed by atoms with E-state index in [2.05, 4.69) is 31.2 Å². The van der Waals surface area contributed by atoms with Gasteiger partial charge in [-0.2, -0.15) is 0 Å². The molecule has 0 bridgehead atoms. The molecule has 0 spiro atoms. The largest absolute Gasteiger partial charge is 0.493 e. The number of morpholine rings is 1. The molecule has 0 saturated carbocycles. The van der Waals surface area contributed by atoms with Gasteiger partial charge in [-0.1, -0.05) is 12.1 Å². The molecule has 8 nitrogen and oxygen atoms in total. The lowest BCUT2D eigenvalue weighted by Gasteiger charge is -2.26. The summed E-state index contributed by atoms with van der Waals surface area (Å²) in [6.45, 7) is 5.22. The fourth-order valence-corrected chi connectivity index (χ4v) is 4.05. The van der Waals surface area contributed by atoms with Gasteiger partial charge in [-0.25, -0.2) is 9.97 Å². The van der Waals surface area contributed by atoms with Gasteiger partial charge < -0.3 is 24.5 Å². The Morgan fingerprint density at radius 2 is 2.03 bits per heavy atom. The maximum atomic E-state index is 6.06. The number of rotatable bonds is 8. The number of hydrogen-bond donors (Lipinski definition) is 2. The third-order valence-electron chi connectivity index (χ3n) is 5.74. The van der Waals surface area contributed by atoms with E-state index in [9.17, 15) is 0 Å². The molecule has 0 unspecified atom stereocenters. The number of ether oxygens (including phenoxy) is 3. The van der Waals surface area contributed by atoms with Crippen molar-refractivity contribution in [1.82, 2.24) is 19.9 Å². The van der Waals surface area contributed by atoms with E-state index in [-0.39, 0.29) is 0 Å². The highest BCUT2D eigenvalue weighted by Crippen LogP contribution is 2.35. The summed E-state index contributed by atoms with van der Waals surface area (Å²) < 4.78 is 17.1. The summed E-state index contributed by atoms with van der Waals surface area (Å²) >= 11 is 0. The predicted octanol–water partition coefficient (Wildman–Crippen LogP) is 3.96. The number of hydrogen-bond acceptors (Lipinski definition) is 7. The van der Waals surface area contributed by atoms with Crippen LogP contribution in [-0.2, 0) is 4.74 Å². The Labute approximate surface area is 186 Å². The van der Waals surface area contributed by atoms with Crippen LogP contribution in [0.5, 0.6) is 11.5 Å². The summed E-state index contributed by atoms with van der Waals surface area (Å²) in [5.41, 5.74) is 2.78. The van der Waals surface area contributed by atoms with Crippen molar-refractivity contribution in [3.63, 3.8) is 0 Å². The highest BCUT2D eigenvalue weighted by molar-refractivity contribution is 5.97. The molecule has 0 radical (unpaired) electrons. The van der Waals surface area contributed by atoms with Gasteiger partial charge in [-0.15, -0.1) is 0 Å².